The summed E-state index contributed by atoms with van der Waals surface area (Å²) >= 11 is 0. The molecule has 0 aliphatic heterocycles. The number of carbonyl (C=O) groups is 1. The molecule has 2 rings (SSSR count). The standard InChI is InChI=1S/C13H19NO3/c1-10(16)12-6-7-13(17-12)14(8-3-9-15)11-4-2-5-11/h6-7,11,15H,2-5,8-9H2,1H3. The molecule has 0 amide bonds. The van der Waals surface area contributed by atoms with Crippen LogP contribution in [0.4, 0.5) is 5.88 Å². The Morgan fingerprint density at radius 1 is 1.53 bits per heavy atom. The van der Waals surface area contributed by atoms with Crippen molar-refractivity contribution >= 4 is 11.7 Å². The molecule has 1 aliphatic carbocycles. The van der Waals surface area contributed by atoms with Gasteiger partial charge in [0, 0.05) is 32.2 Å². The van der Waals surface area contributed by atoms with Gasteiger partial charge in [-0.1, -0.05) is 0 Å². The van der Waals surface area contributed by atoms with Gasteiger partial charge < -0.3 is 14.4 Å². The first-order valence-corrected chi connectivity index (χ1v) is 6.20. The number of carbonyl (C=O) groups excluding carboxylic acids is 1. The van der Waals surface area contributed by atoms with Crippen LogP contribution in [0.1, 0.15) is 43.2 Å². The molecule has 94 valence electrons. The van der Waals surface area contributed by atoms with Gasteiger partial charge in [0.05, 0.1) is 0 Å². The molecule has 0 aromatic carbocycles. The van der Waals surface area contributed by atoms with Gasteiger partial charge in [0.2, 0.25) is 0 Å². The van der Waals surface area contributed by atoms with Crippen molar-refractivity contribution in [2.24, 2.45) is 0 Å². The number of aliphatic hydroxyl groups is 1. The lowest BCUT2D eigenvalue weighted by Gasteiger charge is -2.37. The number of anilines is 1. The van der Waals surface area contributed by atoms with E-state index in [0.717, 1.165) is 18.8 Å². The van der Waals surface area contributed by atoms with Gasteiger partial charge in [0.15, 0.2) is 17.4 Å². The van der Waals surface area contributed by atoms with Gasteiger partial charge >= 0.3 is 0 Å². The second-order valence-electron chi connectivity index (χ2n) is 4.55. The highest BCUT2D eigenvalue weighted by molar-refractivity contribution is 5.91. The lowest BCUT2D eigenvalue weighted by Crippen LogP contribution is -2.41. The molecule has 1 N–H and O–H groups in total. The van der Waals surface area contributed by atoms with Crippen molar-refractivity contribution < 1.29 is 14.3 Å². The smallest absolute Gasteiger partial charge is 0.196 e. The van der Waals surface area contributed by atoms with Gasteiger partial charge in [-0.25, -0.2) is 0 Å². The SMILES string of the molecule is CC(=O)c1ccc(N(CCCO)C2CCC2)o1. The van der Waals surface area contributed by atoms with Crippen molar-refractivity contribution in [1.29, 1.82) is 0 Å². The molecule has 4 nitrogen and oxygen atoms in total. The van der Waals surface area contributed by atoms with Crippen molar-refractivity contribution in [3.05, 3.63) is 17.9 Å². The molecule has 0 radical (unpaired) electrons. The Morgan fingerprint density at radius 3 is 2.76 bits per heavy atom. The molecule has 0 atom stereocenters. The maximum absolute atomic E-state index is 11.2. The Morgan fingerprint density at radius 2 is 2.29 bits per heavy atom. The summed E-state index contributed by atoms with van der Waals surface area (Å²) in [4.78, 5) is 13.4. The van der Waals surface area contributed by atoms with Gasteiger partial charge in [-0.05, 0) is 31.7 Å². The number of hydrogen-bond acceptors (Lipinski definition) is 4. The molecule has 1 fully saturated rings. The Balaban J connectivity index is 2.09. The summed E-state index contributed by atoms with van der Waals surface area (Å²) in [7, 11) is 0. The molecule has 17 heavy (non-hydrogen) atoms. The number of furan rings is 1. The fourth-order valence-corrected chi connectivity index (χ4v) is 2.08. The molecule has 1 saturated carbocycles. The van der Waals surface area contributed by atoms with Gasteiger partial charge in [-0.3, -0.25) is 4.79 Å². The molecule has 1 aliphatic rings. The van der Waals surface area contributed by atoms with E-state index in [4.69, 9.17) is 9.52 Å². The first kappa shape index (κ1) is 12.2. The van der Waals surface area contributed by atoms with Crippen LogP contribution in [0.2, 0.25) is 0 Å². The average molecular weight is 237 g/mol. The number of hydrogen-bond donors (Lipinski definition) is 1. The zero-order chi connectivity index (χ0) is 12.3. The average Bonchev–Trinajstić information content (AvgIpc) is 2.70. The summed E-state index contributed by atoms with van der Waals surface area (Å²) in [6, 6.07) is 4.09. The normalized spacial score (nSPS) is 15.6. The number of aliphatic hydroxyl groups excluding tert-OH is 1. The van der Waals surface area contributed by atoms with E-state index < -0.39 is 0 Å². The molecule has 1 heterocycles. The van der Waals surface area contributed by atoms with Crippen LogP contribution in [0.3, 0.4) is 0 Å². The van der Waals surface area contributed by atoms with E-state index in [-0.39, 0.29) is 12.4 Å². The fraction of sp³-hybridized carbons (Fsp3) is 0.615. The van der Waals surface area contributed by atoms with E-state index in [2.05, 4.69) is 4.90 Å². The second-order valence-corrected chi connectivity index (χ2v) is 4.55. The van der Waals surface area contributed by atoms with E-state index in [1.54, 1.807) is 6.07 Å². The predicted octanol–water partition coefficient (Wildman–Crippen LogP) is 2.22. The van der Waals surface area contributed by atoms with Crippen LogP contribution in [0.5, 0.6) is 0 Å². The van der Waals surface area contributed by atoms with Crippen LogP contribution < -0.4 is 4.90 Å². The van der Waals surface area contributed by atoms with E-state index in [1.165, 1.54) is 26.2 Å². The maximum Gasteiger partial charge on any atom is 0.196 e. The predicted molar refractivity (Wildman–Crippen MR) is 65.4 cm³/mol. The molecule has 0 unspecified atom stereocenters. The maximum atomic E-state index is 11.2. The van der Waals surface area contributed by atoms with Crippen molar-refractivity contribution in [3.8, 4) is 0 Å². The highest BCUT2D eigenvalue weighted by atomic mass is 16.4. The van der Waals surface area contributed by atoms with Gasteiger partial charge in [0.1, 0.15) is 0 Å². The summed E-state index contributed by atoms with van der Waals surface area (Å²) in [5.74, 6) is 1.12. The number of nitrogens with zero attached hydrogens (tertiary/aromatic N) is 1. The van der Waals surface area contributed by atoms with Crippen molar-refractivity contribution in [2.45, 2.75) is 38.6 Å². The van der Waals surface area contributed by atoms with Crippen LogP contribution in [0, 0.1) is 0 Å². The van der Waals surface area contributed by atoms with Crippen LogP contribution in [-0.4, -0.2) is 30.1 Å². The summed E-state index contributed by atoms with van der Waals surface area (Å²) in [6.07, 6.45) is 4.32. The van der Waals surface area contributed by atoms with E-state index in [9.17, 15) is 4.79 Å². The zero-order valence-corrected chi connectivity index (χ0v) is 10.2. The van der Waals surface area contributed by atoms with Gasteiger partial charge in [-0.2, -0.15) is 0 Å². The Kier molecular flexibility index (Phi) is 3.84. The summed E-state index contributed by atoms with van der Waals surface area (Å²) in [5, 5.41) is 8.92. The Labute approximate surface area is 101 Å². The van der Waals surface area contributed by atoms with Crippen molar-refractivity contribution in [1.82, 2.24) is 0 Å². The Hall–Kier alpha value is -1.29. The van der Waals surface area contributed by atoms with Crippen molar-refractivity contribution in [3.63, 3.8) is 0 Å². The highest BCUT2D eigenvalue weighted by Gasteiger charge is 2.26. The van der Waals surface area contributed by atoms with Crippen molar-refractivity contribution in [2.75, 3.05) is 18.1 Å². The minimum Gasteiger partial charge on any atom is -0.437 e. The number of ketones is 1. The van der Waals surface area contributed by atoms with Crippen LogP contribution in [0.15, 0.2) is 16.5 Å². The molecule has 1 aromatic rings. The van der Waals surface area contributed by atoms with Crippen LogP contribution >= 0.6 is 0 Å². The molecular formula is C13H19NO3. The molecule has 4 heteroatoms. The molecular weight excluding hydrogens is 218 g/mol. The summed E-state index contributed by atoms with van der Waals surface area (Å²) < 4.78 is 5.56. The van der Waals surface area contributed by atoms with E-state index in [1.807, 2.05) is 6.07 Å². The second kappa shape index (κ2) is 5.36. The molecule has 0 saturated heterocycles. The Bertz CT molecular complexity index is 382. The van der Waals surface area contributed by atoms with Crippen LogP contribution in [0.25, 0.3) is 0 Å². The number of rotatable bonds is 6. The van der Waals surface area contributed by atoms with Gasteiger partial charge in [0.25, 0.3) is 0 Å². The first-order valence-electron chi connectivity index (χ1n) is 6.20. The molecule has 1 aromatic heterocycles. The third-order valence-corrected chi connectivity index (χ3v) is 3.29. The van der Waals surface area contributed by atoms with E-state index in [0.29, 0.717) is 11.8 Å². The molecule has 0 bridgehead atoms. The first-order chi connectivity index (χ1) is 8.22. The largest absolute Gasteiger partial charge is 0.437 e. The third kappa shape index (κ3) is 2.69. The van der Waals surface area contributed by atoms with E-state index >= 15 is 0 Å². The third-order valence-electron chi connectivity index (χ3n) is 3.29. The summed E-state index contributed by atoms with van der Waals surface area (Å²) in [6.45, 7) is 2.47. The fourth-order valence-electron chi connectivity index (χ4n) is 2.08. The highest BCUT2D eigenvalue weighted by Crippen LogP contribution is 2.30. The molecule has 0 spiro atoms. The topological polar surface area (TPSA) is 53.7 Å². The minimum atomic E-state index is -0.0491. The quantitative estimate of drug-likeness (QED) is 0.771. The van der Waals surface area contributed by atoms with Crippen LogP contribution in [-0.2, 0) is 0 Å². The van der Waals surface area contributed by atoms with Gasteiger partial charge in [-0.15, -0.1) is 0 Å². The monoisotopic (exact) mass is 237 g/mol. The summed E-state index contributed by atoms with van der Waals surface area (Å²) in [5.41, 5.74) is 0. The minimum absolute atomic E-state index is 0.0491. The lowest BCUT2D eigenvalue weighted by molar-refractivity contribution is 0.0987. The lowest BCUT2D eigenvalue weighted by atomic mass is 9.91. The number of Topliss-reactive ketones (excluding diaryl/α,β-unsaturated/α-hetero) is 1. The zero-order valence-electron chi connectivity index (χ0n) is 10.2.